The maximum absolute atomic E-state index is 11.8. The van der Waals surface area contributed by atoms with Crippen LogP contribution in [-0.4, -0.2) is 23.9 Å². The van der Waals surface area contributed by atoms with Crippen molar-refractivity contribution in [2.24, 2.45) is 5.73 Å². The SMILES string of the molecule is Cc1ccc(C)c(CN(C)C(=O)CC(C)N)c1. The van der Waals surface area contributed by atoms with E-state index >= 15 is 0 Å². The zero-order chi connectivity index (χ0) is 13.0. The summed E-state index contributed by atoms with van der Waals surface area (Å²) in [5.41, 5.74) is 9.27. The number of carbonyl (C=O) groups is 1. The third kappa shape index (κ3) is 4.19. The van der Waals surface area contributed by atoms with Gasteiger partial charge in [0, 0.05) is 26.1 Å². The van der Waals surface area contributed by atoms with Crippen molar-refractivity contribution in [1.82, 2.24) is 4.90 Å². The van der Waals surface area contributed by atoms with E-state index in [-0.39, 0.29) is 11.9 Å². The summed E-state index contributed by atoms with van der Waals surface area (Å²) in [6.45, 7) is 6.63. The van der Waals surface area contributed by atoms with E-state index in [0.29, 0.717) is 13.0 Å². The van der Waals surface area contributed by atoms with Gasteiger partial charge in [-0.1, -0.05) is 23.8 Å². The molecule has 0 fully saturated rings. The Labute approximate surface area is 104 Å². The van der Waals surface area contributed by atoms with E-state index in [2.05, 4.69) is 32.0 Å². The molecule has 0 heterocycles. The van der Waals surface area contributed by atoms with Gasteiger partial charge in [0.2, 0.25) is 5.91 Å². The number of amides is 1. The molecule has 1 unspecified atom stereocenters. The molecule has 0 spiro atoms. The highest BCUT2D eigenvalue weighted by atomic mass is 16.2. The Morgan fingerprint density at radius 1 is 1.41 bits per heavy atom. The number of hydrogen-bond donors (Lipinski definition) is 1. The van der Waals surface area contributed by atoms with Crippen LogP contribution in [0.25, 0.3) is 0 Å². The number of aryl methyl sites for hydroxylation is 2. The van der Waals surface area contributed by atoms with Gasteiger partial charge in [-0.3, -0.25) is 4.79 Å². The first-order valence-electron chi connectivity index (χ1n) is 5.96. The zero-order valence-corrected chi connectivity index (χ0v) is 11.2. The predicted octanol–water partition coefficient (Wildman–Crippen LogP) is 2.00. The molecule has 0 radical (unpaired) electrons. The number of hydrogen-bond acceptors (Lipinski definition) is 2. The molecule has 1 aromatic carbocycles. The molecule has 0 aromatic heterocycles. The van der Waals surface area contributed by atoms with E-state index in [1.54, 1.807) is 4.90 Å². The first-order valence-corrected chi connectivity index (χ1v) is 5.96. The molecular formula is C14H22N2O. The molecule has 1 rings (SSSR count). The molecule has 1 aromatic rings. The fraction of sp³-hybridized carbons (Fsp3) is 0.500. The van der Waals surface area contributed by atoms with Crippen molar-refractivity contribution in [3.63, 3.8) is 0 Å². The van der Waals surface area contributed by atoms with Crippen molar-refractivity contribution >= 4 is 5.91 Å². The molecule has 2 N–H and O–H groups in total. The van der Waals surface area contributed by atoms with E-state index in [9.17, 15) is 4.79 Å². The van der Waals surface area contributed by atoms with E-state index in [1.165, 1.54) is 16.7 Å². The highest BCUT2D eigenvalue weighted by Crippen LogP contribution is 2.13. The van der Waals surface area contributed by atoms with Gasteiger partial charge >= 0.3 is 0 Å². The van der Waals surface area contributed by atoms with Crippen molar-refractivity contribution in [2.75, 3.05) is 7.05 Å². The summed E-state index contributed by atoms with van der Waals surface area (Å²) in [6.07, 6.45) is 0.404. The van der Waals surface area contributed by atoms with Gasteiger partial charge in [-0.2, -0.15) is 0 Å². The molecule has 94 valence electrons. The van der Waals surface area contributed by atoms with Crippen LogP contribution in [0.2, 0.25) is 0 Å². The topological polar surface area (TPSA) is 46.3 Å². The van der Waals surface area contributed by atoms with Crippen molar-refractivity contribution < 1.29 is 4.79 Å². The van der Waals surface area contributed by atoms with Crippen LogP contribution in [0.5, 0.6) is 0 Å². The molecule has 0 bridgehead atoms. The number of nitrogens with zero attached hydrogens (tertiary/aromatic N) is 1. The van der Waals surface area contributed by atoms with Crippen LogP contribution in [0.3, 0.4) is 0 Å². The van der Waals surface area contributed by atoms with Gasteiger partial charge in [0.15, 0.2) is 0 Å². The van der Waals surface area contributed by atoms with Crippen LogP contribution in [0, 0.1) is 13.8 Å². The predicted molar refractivity (Wildman–Crippen MR) is 70.7 cm³/mol. The van der Waals surface area contributed by atoms with E-state index in [1.807, 2.05) is 14.0 Å². The minimum absolute atomic E-state index is 0.0800. The number of rotatable bonds is 4. The standard InChI is InChI=1S/C14H22N2O/c1-10-5-6-11(2)13(7-10)9-16(4)14(17)8-12(3)15/h5-7,12H,8-9,15H2,1-4H3. The Kier molecular flexibility index (Phi) is 4.70. The summed E-state index contributed by atoms with van der Waals surface area (Å²) >= 11 is 0. The number of benzene rings is 1. The lowest BCUT2D eigenvalue weighted by atomic mass is 10.1. The Balaban J connectivity index is 2.70. The minimum Gasteiger partial charge on any atom is -0.341 e. The quantitative estimate of drug-likeness (QED) is 0.866. The first kappa shape index (κ1) is 13.7. The van der Waals surface area contributed by atoms with E-state index in [0.717, 1.165) is 0 Å². The highest BCUT2D eigenvalue weighted by Gasteiger charge is 2.12. The van der Waals surface area contributed by atoms with Gasteiger partial charge in [0.1, 0.15) is 0 Å². The lowest BCUT2D eigenvalue weighted by molar-refractivity contribution is -0.130. The Bertz CT molecular complexity index is 399. The summed E-state index contributed by atoms with van der Waals surface area (Å²) in [4.78, 5) is 13.5. The summed E-state index contributed by atoms with van der Waals surface area (Å²) in [6, 6.07) is 6.23. The Morgan fingerprint density at radius 2 is 2.06 bits per heavy atom. The van der Waals surface area contributed by atoms with Gasteiger partial charge in [-0.05, 0) is 31.9 Å². The van der Waals surface area contributed by atoms with Crippen LogP contribution in [0.1, 0.15) is 30.0 Å². The van der Waals surface area contributed by atoms with Crippen LogP contribution < -0.4 is 5.73 Å². The summed E-state index contributed by atoms with van der Waals surface area (Å²) in [5, 5.41) is 0. The lowest BCUT2D eigenvalue weighted by Crippen LogP contribution is -2.31. The van der Waals surface area contributed by atoms with Gasteiger partial charge < -0.3 is 10.6 Å². The largest absolute Gasteiger partial charge is 0.341 e. The van der Waals surface area contributed by atoms with Gasteiger partial charge in [0.05, 0.1) is 0 Å². The second-order valence-corrected chi connectivity index (χ2v) is 4.86. The molecule has 17 heavy (non-hydrogen) atoms. The van der Waals surface area contributed by atoms with Crippen LogP contribution in [-0.2, 0) is 11.3 Å². The second-order valence-electron chi connectivity index (χ2n) is 4.86. The van der Waals surface area contributed by atoms with Crippen LogP contribution in [0.4, 0.5) is 0 Å². The molecule has 0 saturated carbocycles. The maximum atomic E-state index is 11.8. The third-order valence-electron chi connectivity index (χ3n) is 2.83. The highest BCUT2D eigenvalue weighted by molar-refractivity contribution is 5.76. The average Bonchev–Trinajstić information content (AvgIpc) is 2.22. The molecule has 0 aliphatic rings. The number of nitrogens with two attached hydrogens (primary N) is 1. The summed E-state index contributed by atoms with van der Waals surface area (Å²) < 4.78 is 0. The summed E-state index contributed by atoms with van der Waals surface area (Å²) in [7, 11) is 1.83. The van der Waals surface area contributed by atoms with Crippen molar-refractivity contribution in [3.8, 4) is 0 Å². The summed E-state index contributed by atoms with van der Waals surface area (Å²) in [5.74, 6) is 0.0981. The van der Waals surface area contributed by atoms with Crippen LogP contribution in [0.15, 0.2) is 18.2 Å². The molecule has 1 atom stereocenters. The fourth-order valence-electron chi connectivity index (χ4n) is 1.75. The van der Waals surface area contributed by atoms with E-state index < -0.39 is 0 Å². The lowest BCUT2D eigenvalue weighted by Gasteiger charge is -2.20. The molecule has 3 nitrogen and oxygen atoms in total. The molecule has 1 amide bonds. The average molecular weight is 234 g/mol. The van der Waals surface area contributed by atoms with Crippen LogP contribution >= 0.6 is 0 Å². The van der Waals surface area contributed by atoms with Gasteiger partial charge in [0.25, 0.3) is 0 Å². The molecule has 0 saturated heterocycles. The molecular weight excluding hydrogens is 212 g/mol. The molecule has 0 aliphatic heterocycles. The first-order chi connectivity index (χ1) is 7.90. The maximum Gasteiger partial charge on any atom is 0.224 e. The van der Waals surface area contributed by atoms with Crippen molar-refractivity contribution in [1.29, 1.82) is 0 Å². The molecule has 3 heteroatoms. The number of carbonyl (C=O) groups excluding carboxylic acids is 1. The Hall–Kier alpha value is -1.35. The monoisotopic (exact) mass is 234 g/mol. The zero-order valence-electron chi connectivity index (χ0n) is 11.2. The van der Waals surface area contributed by atoms with E-state index in [4.69, 9.17) is 5.73 Å². The second kappa shape index (κ2) is 5.82. The Morgan fingerprint density at radius 3 is 2.65 bits per heavy atom. The van der Waals surface area contributed by atoms with Gasteiger partial charge in [-0.15, -0.1) is 0 Å². The third-order valence-corrected chi connectivity index (χ3v) is 2.83. The fourth-order valence-corrected chi connectivity index (χ4v) is 1.75. The van der Waals surface area contributed by atoms with Crippen molar-refractivity contribution in [2.45, 2.75) is 39.8 Å². The van der Waals surface area contributed by atoms with Crippen molar-refractivity contribution in [3.05, 3.63) is 34.9 Å². The minimum atomic E-state index is -0.0800. The smallest absolute Gasteiger partial charge is 0.224 e. The van der Waals surface area contributed by atoms with Gasteiger partial charge in [-0.25, -0.2) is 0 Å². The molecule has 0 aliphatic carbocycles. The normalized spacial score (nSPS) is 12.3.